The molecule has 3 N–H and O–H groups in total. The van der Waals surface area contributed by atoms with E-state index in [4.69, 9.17) is 5.84 Å². The third-order valence-electron chi connectivity index (χ3n) is 3.50. The van der Waals surface area contributed by atoms with Gasteiger partial charge in [-0.15, -0.1) is 5.10 Å². The van der Waals surface area contributed by atoms with Gasteiger partial charge in [0, 0.05) is 25.7 Å². The highest BCUT2D eigenvalue weighted by atomic mass is 15.4. The quantitative estimate of drug-likeness (QED) is 0.367. The molecule has 0 aliphatic heterocycles. The predicted molar refractivity (Wildman–Crippen MR) is 78.4 cm³/mol. The van der Waals surface area contributed by atoms with Gasteiger partial charge in [0.15, 0.2) is 0 Å². The minimum atomic E-state index is 0.312. The molecule has 1 aromatic heterocycles. The highest BCUT2D eigenvalue weighted by molar-refractivity contribution is 4.95. The van der Waals surface area contributed by atoms with Crippen molar-refractivity contribution in [3.8, 4) is 0 Å². The zero-order chi connectivity index (χ0) is 13.9. The fourth-order valence-electron chi connectivity index (χ4n) is 2.33. The van der Waals surface area contributed by atoms with Gasteiger partial charge >= 0.3 is 0 Å². The summed E-state index contributed by atoms with van der Waals surface area (Å²) in [5.41, 5.74) is 3.90. The highest BCUT2D eigenvalue weighted by Gasteiger charge is 2.09. The molecule has 19 heavy (non-hydrogen) atoms. The lowest BCUT2D eigenvalue weighted by atomic mass is 10.0. The molecule has 0 aromatic carbocycles. The molecule has 0 radical (unpaired) electrons. The van der Waals surface area contributed by atoms with Crippen LogP contribution in [0.1, 0.15) is 64.0 Å². The van der Waals surface area contributed by atoms with E-state index in [0.29, 0.717) is 6.04 Å². The Morgan fingerprint density at radius 2 is 1.89 bits per heavy atom. The molecule has 5 heteroatoms. The molecule has 0 aliphatic carbocycles. The highest BCUT2D eigenvalue weighted by Crippen LogP contribution is 2.11. The maximum atomic E-state index is 5.60. The Morgan fingerprint density at radius 1 is 1.21 bits per heavy atom. The van der Waals surface area contributed by atoms with Crippen molar-refractivity contribution in [2.45, 2.75) is 70.8 Å². The summed E-state index contributed by atoms with van der Waals surface area (Å²) in [4.78, 5) is 0. The Balaban J connectivity index is 2.08. The SMILES string of the molecule is CCCCCCCCCC(Cc1cn(C)nn1)NN. The third kappa shape index (κ3) is 7.28. The molecule has 0 saturated carbocycles. The van der Waals surface area contributed by atoms with Crippen LogP contribution in [0.2, 0.25) is 0 Å². The number of nitrogens with one attached hydrogen (secondary N) is 1. The Kier molecular flexibility index (Phi) is 8.41. The number of unbranched alkanes of at least 4 members (excludes halogenated alkanes) is 6. The lowest BCUT2D eigenvalue weighted by Gasteiger charge is -2.13. The fourth-order valence-corrected chi connectivity index (χ4v) is 2.33. The summed E-state index contributed by atoms with van der Waals surface area (Å²) >= 11 is 0. The first-order chi connectivity index (χ1) is 9.26. The molecule has 1 heterocycles. The molecule has 5 nitrogen and oxygen atoms in total. The van der Waals surface area contributed by atoms with Gasteiger partial charge in [0.05, 0.1) is 5.69 Å². The number of hydrogen-bond donors (Lipinski definition) is 2. The van der Waals surface area contributed by atoms with Crippen molar-refractivity contribution < 1.29 is 0 Å². The Labute approximate surface area is 116 Å². The van der Waals surface area contributed by atoms with Gasteiger partial charge in [-0.2, -0.15) is 0 Å². The zero-order valence-electron chi connectivity index (χ0n) is 12.4. The van der Waals surface area contributed by atoms with Crippen molar-refractivity contribution in [2.75, 3.05) is 0 Å². The molecule has 0 saturated heterocycles. The minimum absolute atomic E-state index is 0.312. The van der Waals surface area contributed by atoms with Crippen LogP contribution in [0.5, 0.6) is 0 Å². The van der Waals surface area contributed by atoms with E-state index in [1.807, 2.05) is 13.2 Å². The van der Waals surface area contributed by atoms with E-state index in [2.05, 4.69) is 22.7 Å². The second-order valence-corrected chi connectivity index (χ2v) is 5.36. The summed E-state index contributed by atoms with van der Waals surface area (Å²) in [5, 5.41) is 8.04. The zero-order valence-corrected chi connectivity index (χ0v) is 12.4. The lowest BCUT2D eigenvalue weighted by molar-refractivity contribution is 0.455. The number of hydrazine groups is 1. The van der Waals surface area contributed by atoms with Gasteiger partial charge in [0.2, 0.25) is 0 Å². The number of nitrogens with two attached hydrogens (primary N) is 1. The third-order valence-corrected chi connectivity index (χ3v) is 3.50. The number of nitrogens with zero attached hydrogens (tertiary/aromatic N) is 3. The van der Waals surface area contributed by atoms with Crippen molar-refractivity contribution in [1.82, 2.24) is 20.4 Å². The van der Waals surface area contributed by atoms with Crippen LogP contribution >= 0.6 is 0 Å². The Morgan fingerprint density at radius 3 is 2.47 bits per heavy atom. The summed E-state index contributed by atoms with van der Waals surface area (Å²) in [6.07, 6.45) is 13.3. The number of aryl methyl sites for hydroxylation is 1. The topological polar surface area (TPSA) is 68.8 Å². The number of rotatable bonds is 11. The molecule has 1 rings (SSSR count). The van der Waals surface area contributed by atoms with Gasteiger partial charge in [-0.05, 0) is 6.42 Å². The molecular formula is C14H29N5. The van der Waals surface area contributed by atoms with E-state index in [0.717, 1.165) is 18.5 Å². The van der Waals surface area contributed by atoms with E-state index >= 15 is 0 Å². The molecule has 0 amide bonds. The van der Waals surface area contributed by atoms with Crippen LogP contribution in [0.25, 0.3) is 0 Å². The Hall–Kier alpha value is -0.940. The van der Waals surface area contributed by atoms with Crippen molar-refractivity contribution >= 4 is 0 Å². The second-order valence-electron chi connectivity index (χ2n) is 5.36. The number of hydrogen-bond acceptors (Lipinski definition) is 4. The van der Waals surface area contributed by atoms with Gasteiger partial charge < -0.3 is 0 Å². The summed E-state index contributed by atoms with van der Waals surface area (Å²) in [6, 6.07) is 0.312. The van der Waals surface area contributed by atoms with Crippen LogP contribution in [-0.4, -0.2) is 21.0 Å². The largest absolute Gasteiger partial charge is 0.271 e. The first-order valence-corrected chi connectivity index (χ1v) is 7.57. The molecule has 0 fully saturated rings. The average Bonchev–Trinajstić information content (AvgIpc) is 2.81. The fraction of sp³-hybridized carbons (Fsp3) is 0.857. The van der Waals surface area contributed by atoms with Crippen molar-refractivity contribution in [1.29, 1.82) is 0 Å². The van der Waals surface area contributed by atoms with Crippen molar-refractivity contribution in [2.24, 2.45) is 12.9 Å². The molecular weight excluding hydrogens is 238 g/mol. The van der Waals surface area contributed by atoms with Gasteiger partial charge in [-0.3, -0.25) is 16.0 Å². The van der Waals surface area contributed by atoms with Gasteiger partial charge in [0.25, 0.3) is 0 Å². The van der Waals surface area contributed by atoms with Gasteiger partial charge in [-0.25, -0.2) is 0 Å². The maximum absolute atomic E-state index is 5.60. The predicted octanol–water partition coefficient (Wildman–Crippen LogP) is 2.33. The van der Waals surface area contributed by atoms with Gasteiger partial charge in [0.1, 0.15) is 0 Å². The maximum Gasteiger partial charge on any atom is 0.0843 e. The van der Waals surface area contributed by atoms with E-state index in [9.17, 15) is 0 Å². The Bertz CT molecular complexity index is 323. The molecule has 110 valence electrons. The normalized spacial score (nSPS) is 12.8. The van der Waals surface area contributed by atoms with Crippen LogP contribution < -0.4 is 11.3 Å². The standard InChI is InChI=1S/C14H29N5/c1-3-4-5-6-7-8-9-10-13(16-15)11-14-12-19(2)18-17-14/h12-13,16H,3-11,15H2,1-2H3. The summed E-state index contributed by atoms with van der Waals surface area (Å²) in [7, 11) is 1.89. The van der Waals surface area contributed by atoms with Crippen LogP contribution in [0, 0.1) is 0 Å². The number of aromatic nitrogens is 3. The molecule has 0 bridgehead atoms. The smallest absolute Gasteiger partial charge is 0.0843 e. The molecule has 0 aliphatic rings. The van der Waals surface area contributed by atoms with E-state index in [1.54, 1.807) is 4.68 Å². The summed E-state index contributed by atoms with van der Waals surface area (Å²) in [5.74, 6) is 5.60. The van der Waals surface area contributed by atoms with E-state index in [1.165, 1.54) is 44.9 Å². The van der Waals surface area contributed by atoms with Crippen LogP contribution in [-0.2, 0) is 13.5 Å². The van der Waals surface area contributed by atoms with E-state index < -0.39 is 0 Å². The average molecular weight is 267 g/mol. The first-order valence-electron chi connectivity index (χ1n) is 7.57. The minimum Gasteiger partial charge on any atom is -0.271 e. The summed E-state index contributed by atoms with van der Waals surface area (Å²) < 4.78 is 1.73. The lowest BCUT2D eigenvalue weighted by Crippen LogP contribution is -2.36. The molecule has 1 atom stereocenters. The molecule has 0 spiro atoms. The molecule has 1 unspecified atom stereocenters. The first kappa shape index (κ1) is 16.1. The van der Waals surface area contributed by atoms with Crippen LogP contribution in [0.3, 0.4) is 0 Å². The summed E-state index contributed by atoms with van der Waals surface area (Å²) in [6.45, 7) is 2.25. The van der Waals surface area contributed by atoms with E-state index in [-0.39, 0.29) is 0 Å². The van der Waals surface area contributed by atoms with Gasteiger partial charge in [-0.1, -0.05) is 57.1 Å². The van der Waals surface area contributed by atoms with Crippen LogP contribution in [0.15, 0.2) is 6.20 Å². The molecule has 1 aromatic rings. The van der Waals surface area contributed by atoms with Crippen LogP contribution in [0.4, 0.5) is 0 Å². The second kappa shape index (κ2) is 9.92. The monoisotopic (exact) mass is 267 g/mol. The van der Waals surface area contributed by atoms with Crippen molar-refractivity contribution in [3.05, 3.63) is 11.9 Å². The van der Waals surface area contributed by atoms with Crippen molar-refractivity contribution in [3.63, 3.8) is 0 Å².